The lowest BCUT2D eigenvalue weighted by molar-refractivity contribution is -0.139. The molecule has 1 aromatic carbocycles. The van der Waals surface area contributed by atoms with E-state index in [1.54, 1.807) is 13.0 Å². The second-order valence-corrected chi connectivity index (χ2v) is 8.07. The molecular formula is C23H30N2O5. The number of rotatable bonds is 5. The number of fused-ring (bicyclic) bond motifs is 1. The van der Waals surface area contributed by atoms with Crippen LogP contribution in [0.1, 0.15) is 32.3 Å². The zero-order valence-corrected chi connectivity index (χ0v) is 17.8. The Morgan fingerprint density at radius 2 is 1.90 bits per heavy atom. The van der Waals surface area contributed by atoms with Gasteiger partial charge in [0.05, 0.1) is 13.2 Å². The fourth-order valence-corrected chi connectivity index (χ4v) is 4.48. The lowest BCUT2D eigenvalue weighted by Crippen LogP contribution is -2.51. The molecule has 7 heteroatoms. The third kappa shape index (κ3) is 4.52. The normalized spacial score (nSPS) is 19.7. The van der Waals surface area contributed by atoms with Crippen molar-refractivity contribution in [3.63, 3.8) is 0 Å². The Morgan fingerprint density at radius 3 is 2.60 bits per heavy atom. The minimum Gasteiger partial charge on any atom is -0.481 e. The van der Waals surface area contributed by atoms with Gasteiger partial charge in [0.2, 0.25) is 0 Å². The van der Waals surface area contributed by atoms with Crippen molar-refractivity contribution in [2.45, 2.75) is 45.3 Å². The SMILES string of the molecule is CCc1cc(=O)oc2cc(OC(C)C(=O)N3CCC(N4CCOCC4)CC3)ccc12. The van der Waals surface area contributed by atoms with Crippen LogP contribution in [0.15, 0.2) is 33.5 Å². The van der Waals surface area contributed by atoms with E-state index in [-0.39, 0.29) is 11.5 Å². The first kappa shape index (κ1) is 20.9. The summed E-state index contributed by atoms with van der Waals surface area (Å²) in [6.45, 7) is 8.85. The van der Waals surface area contributed by atoms with Crippen molar-refractivity contribution >= 4 is 16.9 Å². The number of nitrogens with zero attached hydrogens (tertiary/aromatic N) is 2. The number of benzene rings is 1. The molecule has 0 bridgehead atoms. The Labute approximate surface area is 176 Å². The summed E-state index contributed by atoms with van der Waals surface area (Å²) < 4.78 is 16.7. The van der Waals surface area contributed by atoms with Crippen molar-refractivity contribution in [1.82, 2.24) is 9.80 Å². The quantitative estimate of drug-likeness (QED) is 0.700. The van der Waals surface area contributed by atoms with E-state index in [0.29, 0.717) is 17.4 Å². The van der Waals surface area contributed by atoms with Crippen molar-refractivity contribution in [1.29, 1.82) is 0 Å². The molecule has 2 aliphatic rings. The Balaban J connectivity index is 1.37. The molecule has 1 unspecified atom stereocenters. The largest absolute Gasteiger partial charge is 0.481 e. The van der Waals surface area contributed by atoms with Crippen molar-refractivity contribution in [3.05, 3.63) is 40.2 Å². The summed E-state index contributed by atoms with van der Waals surface area (Å²) >= 11 is 0. The lowest BCUT2D eigenvalue weighted by Gasteiger charge is -2.40. The molecule has 2 aromatic rings. The summed E-state index contributed by atoms with van der Waals surface area (Å²) in [4.78, 5) is 29.1. The van der Waals surface area contributed by atoms with E-state index in [0.717, 1.165) is 69.6 Å². The maximum atomic E-state index is 12.9. The van der Waals surface area contributed by atoms with Gasteiger partial charge in [-0.1, -0.05) is 6.92 Å². The topological polar surface area (TPSA) is 72.2 Å². The first-order valence-electron chi connectivity index (χ1n) is 10.9. The monoisotopic (exact) mass is 414 g/mol. The highest BCUT2D eigenvalue weighted by Crippen LogP contribution is 2.25. The van der Waals surface area contributed by atoms with E-state index in [9.17, 15) is 9.59 Å². The summed E-state index contributed by atoms with van der Waals surface area (Å²) in [6, 6.07) is 7.47. The van der Waals surface area contributed by atoms with E-state index < -0.39 is 6.10 Å². The van der Waals surface area contributed by atoms with Crippen LogP contribution in [0, 0.1) is 0 Å². The predicted molar refractivity (Wildman–Crippen MR) is 114 cm³/mol. The summed E-state index contributed by atoms with van der Waals surface area (Å²) in [5.74, 6) is 0.530. The summed E-state index contributed by atoms with van der Waals surface area (Å²) in [7, 11) is 0. The van der Waals surface area contributed by atoms with Crippen LogP contribution in [0.5, 0.6) is 5.75 Å². The Hall–Kier alpha value is -2.38. The molecule has 1 amide bonds. The van der Waals surface area contributed by atoms with Crippen molar-refractivity contribution < 1.29 is 18.7 Å². The first-order valence-corrected chi connectivity index (χ1v) is 10.9. The third-order valence-corrected chi connectivity index (χ3v) is 6.18. The van der Waals surface area contributed by atoms with E-state index in [1.165, 1.54) is 6.07 Å². The van der Waals surface area contributed by atoms with Gasteiger partial charge in [-0.05, 0) is 43.9 Å². The number of carbonyl (C=O) groups is 1. The van der Waals surface area contributed by atoms with Gasteiger partial charge in [0, 0.05) is 49.7 Å². The molecule has 3 heterocycles. The molecule has 0 N–H and O–H groups in total. The standard InChI is InChI=1S/C23H30N2O5/c1-3-17-14-22(26)30-21-15-19(4-5-20(17)21)29-16(2)23(27)25-8-6-18(7-9-25)24-10-12-28-13-11-24/h4-5,14-16,18H,3,6-13H2,1-2H3. The van der Waals surface area contributed by atoms with Gasteiger partial charge in [-0.25, -0.2) is 4.79 Å². The van der Waals surface area contributed by atoms with Crippen LogP contribution in [-0.2, 0) is 16.0 Å². The second kappa shape index (κ2) is 9.18. The molecule has 162 valence electrons. The van der Waals surface area contributed by atoms with Gasteiger partial charge >= 0.3 is 5.63 Å². The number of ether oxygens (including phenoxy) is 2. The molecule has 2 aliphatic heterocycles. The van der Waals surface area contributed by atoms with Gasteiger partial charge in [0.25, 0.3) is 5.91 Å². The Morgan fingerprint density at radius 1 is 1.17 bits per heavy atom. The van der Waals surface area contributed by atoms with Crippen LogP contribution < -0.4 is 10.4 Å². The molecule has 0 spiro atoms. The fourth-order valence-electron chi connectivity index (χ4n) is 4.48. The number of aryl methyl sites for hydroxylation is 1. The predicted octanol–water partition coefficient (Wildman–Crippen LogP) is 2.45. The molecule has 1 aromatic heterocycles. The van der Waals surface area contributed by atoms with E-state index in [1.807, 2.05) is 24.0 Å². The van der Waals surface area contributed by atoms with Gasteiger partial charge in [-0.3, -0.25) is 9.69 Å². The summed E-state index contributed by atoms with van der Waals surface area (Å²) in [6.07, 6.45) is 2.12. The number of hydrogen-bond acceptors (Lipinski definition) is 6. The third-order valence-electron chi connectivity index (χ3n) is 6.18. The molecule has 0 aliphatic carbocycles. The van der Waals surface area contributed by atoms with Crippen LogP contribution in [0.2, 0.25) is 0 Å². The number of piperidine rings is 1. The van der Waals surface area contributed by atoms with Gasteiger partial charge in [0.15, 0.2) is 6.10 Å². The molecule has 4 rings (SSSR count). The summed E-state index contributed by atoms with van der Waals surface area (Å²) in [5.41, 5.74) is 1.06. The number of carbonyl (C=O) groups excluding carboxylic acids is 1. The number of morpholine rings is 1. The maximum Gasteiger partial charge on any atom is 0.336 e. The average molecular weight is 415 g/mol. The summed E-state index contributed by atoms with van der Waals surface area (Å²) in [5, 5.41) is 0.897. The fraction of sp³-hybridized carbons (Fsp3) is 0.565. The van der Waals surface area contributed by atoms with E-state index >= 15 is 0 Å². The van der Waals surface area contributed by atoms with Crippen LogP contribution >= 0.6 is 0 Å². The van der Waals surface area contributed by atoms with Crippen LogP contribution in [0.4, 0.5) is 0 Å². The van der Waals surface area contributed by atoms with Crippen molar-refractivity contribution in [3.8, 4) is 5.75 Å². The Bertz CT molecular complexity index is 942. The van der Waals surface area contributed by atoms with E-state index in [4.69, 9.17) is 13.9 Å². The number of likely N-dealkylation sites (tertiary alicyclic amines) is 1. The maximum absolute atomic E-state index is 12.9. The highest BCUT2D eigenvalue weighted by Gasteiger charge is 2.30. The lowest BCUT2D eigenvalue weighted by atomic mass is 10.0. The molecule has 1 atom stereocenters. The molecule has 2 fully saturated rings. The van der Waals surface area contributed by atoms with Crippen LogP contribution in [-0.4, -0.2) is 67.2 Å². The molecule has 2 saturated heterocycles. The Kier molecular flexibility index (Phi) is 6.39. The smallest absolute Gasteiger partial charge is 0.336 e. The zero-order valence-electron chi connectivity index (χ0n) is 17.8. The minimum atomic E-state index is -0.594. The number of amides is 1. The van der Waals surface area contributed by atoms with Gasteiger partial charge < -0.3 is 18.8 Å². The van der Waals surface area contributed by atoms with Gasteiger partial charge in [0.1, 0.15) is 11.3 Å². The zero-order chi connectivity index (χ0) is 21.1. The molecule has 7 nitrogen and oxygen atoms in total. The molecule has 0 radical (unpaired) electrons. The minimum absolute atomic E-state index is 0.000661. The van der Waals surface area contributed by atoms with Crippen molar-refractivity contribution in [2.75, 3.05) is 39.4 Å². The molecule has 0 saturated carbocycles. The average Bonchev–Trinajstić information content (AvgIpc) is 2.78. The van der Waals surface area contributed by atoms with Gasteiger partial charge in [-0.2, -0.15) is 0 Å². The van der Waals surface area contributed by atoms with Crippen LogP contribution in [0.3, 0.4) is 0 Å². The first-order chi connectivity index (χ1) is 14.5. The van der Waals surface area contributed by atoms with Crippen molar-refractivity contribution in [2.24, 2.45) is 0 Å². The molecular weight excluding hydrogens is 384 g/mol. The van der Waals surface area contributed by atoms with Crippen LogP contribution in [0.25, 0.3) is 11.0 Å². The van der Waals surface area contributed by atoms with E-state index in [2.05, 4.69) is 4.90 Å². The highest BCUT2D eigenvalue weighted by molar-refractivity contribution is 5.83. The molecule has 30 heavy (non-hydrogen) atoms. The van der Waals surface area contributed by atoms with Gasteiger partial charge in [-0.15, -0.1) is 0 Å². The highest BCUT2D eigenvalue weighted by atomic mass is 16.5. The number of hydrogen-bond donors (Lipinski definition) is 0. The second-order valence-electron chi connectivity index (χ2n) is 8.07.